The molecule has 0 aromatic heterocycles. The van der Waals surface area contributed by atoms with Gasteiger partial charge in [-0.25, -0.2) is 8.78 Å². The third kappa shape index (κ3) is 2.34. The predicted molar refractivity (Wildman–Crippen MR) is 61.7 cm³/mol. The van der Waals surface area contributed by atoms with E-state index in [2.05, 4.69) is 0 Å². The standard InChI is InChI=1S/C14H10F2/c15-13-7-3-1-5-11(13)9-10-12-6-2-4-8-14(12)16/h1-10H/b10-9-. The molecule has 0 N–H and O–H groups in total. The summed E-state index contributed by atoms with van der Waals surface area (Å²) in [6.45, 7) is 0. The van der Waals surface area contributed by atoms with Crippen LogP contribution in [0, 0.1) is 11.6 Å². The van der Waals surface area contributed by atoms with Crippen molar-refractivity contribution in [1.29, 1.82) is 0 Å². The van der Waals surface area contributed by atoms with E-state index in [4.69, 9.17) is 0 Å². The molecule has 0 bridgehead atoms. The zero-order valence-corrected chi connectivity index (χ0v) is 8.53. The third-order valence-electron chi connectivity index (χ3n) is 2.25. The summed E-state index contributed by atoms with van der Waals surface area (Å²) < 4.78 is 26.5. The lowest BCUT2D eigenvalue weighted by atomic mass is 10.1. The first-order chi connectivity index (χ1) is 7.77. The Morgan fingerprint density at radius 1 is 0.625 bits per heavy atom. The molecule has 0 saturated carbocycles. The van der Waals surface area contributed by atoms with Crippen molar-refractivity contribution in [2.24, 2.45) is 0 Å². The molecule has 0 fully saturated rings. The highest BCUT2D eigenvalue weighted by Gasteiger charge is 1.97. The molecule has 0 amide bonds. The molecular weight excluding hydrogens is 206 g/mol. The van der Waals surface area contributed by atoms with Gasteiger partial charge in [0.15, 0.2) is 0 Å². The van der Waals surface area contributed by atoms with Gasteiger partial charge in [-0.2, -0.15) is 0 Å². The van der Waals surface area contributed by atoms with Crippen LogP contribution in [0.2, 0.25) is 0 Å². The summed E-state index contributed by atoms with van der Waals surface area (Å²) in [5, 5.41) is 0. The van der Waals surface area contributed by atoms with Gasteiger partial charge >= 0.3 is 0 Å². The molecule has 0 nitrogen and oxygen atoms in total. The molecule has 0 radical (unpaired) electrons. The fourth-order valence-electron chi connectivity index (χ4n) is 1.40. The summed E-state index contributed by atoms with van der Waals surface area (Å²) >= 11 is 0. The van der Waals surface area contributed by atoms with Crippen LogP contribution in [-0.2, 0) is 0 Å². The smallest absolute Gasteiger partial charge is 0.130 e. The van der Waals surface area contributed by atoms with Gasteiger partial charge in [0.2, 0.25) is 0 Å². The fraction of sp³-hybridized carbons (Fsp3) is 0. The number of hydrogen-bond donors (Lipinski definition) is 0. The highest BCUT2D eigenvalue weighted by molar-refractivity contribution is 5.69. The molecule has 0 atom stereocenters. The maximum atomic E-state index is 13.2. The Hall–Kier alpha value is -1.96. The molecule has 0 aliphatic rings. The average Bonchev–Trinajstić information content (AvgIpc) is 2.30. The van der Waals surface area contributed by atoms with Crippen molar-refractivity contribution in [2.75, 3.05) is 0 Å². The second-order valence-electron chi connectivity index (χ2n) is 3.38. The minimum absolute atomic E-state index is 0.310. The zero-order valence-electron chi connectivity index (χ0n) is 8.53. The van der Waals surface area contributed by atoms with E-state index >= 15 is 0 Å². The molecule has 2 rings (SSSR count). The summed E-state index contributed by atoms with van der Waals surface area (Å²) in [5.41, 5.74) is 0.900. The van der Waals surface area contributed by atoms with Crippen LogP contribution in [0.1, 0.15) is 11.1 Å². The van der Waals surface area contributed by atoms with Gasteiger partial charge in [0.05, 0.1) is 0 Å². The Balaban J connectivity index is 2.29. The molecule has 2 aromatic rings. The average molecular weight is 216 g/mol. The van der Waals surface area contributed by atoms with Crippen molar-refractivity contribution >= 4 is 12.2 Å². The molecule has 0 aliphatic heterocycles. The number of rotatable bonds is 2. The van der Waals surface area contributed by atoms with Gasteiger partial charge in [-0.15, -0.1) is 0 Å². The van der Waals surface area contributed by atoms with Crippen molar-refractivity contribution in [3.8, 4) is 0 Å². The van der Waals surface area contributed by atoms with E-state index in [1.54, 1.807) is 48.6 Å². The highest BCUT2D eigenvalue weighted by Crippen LogP contribution is 2.13. The monoisotopic (exact) mass is 216 g/mol. The van der Waals surface area contributed by atoms with Crippen LogP contribution in [0.3, 0.4) is 0 Å². The molecule has 0 heterocycles. The van der Waals surface area contributed by atoms with Crippen LogP contribution >= 0.6 is 0 Å². The summed E-state index contributed by atoms with van der Waals surface area (Å²) in [6.07, 6.45) is 3.13. The first-order valence-electron chi connectivity index (χ1n) is 4.94. The minimum atomic E-state index is -0.310. The van der Waals surface area contributed by atoms with E-state index in [1.165, 1.54) is 12.1 Å². The molecule has 2 aromatic carbocycles. The molecular formula is C14H10F2. The number of benzene rings is 2. The largest absolute Gasteiger partial charge is 0.206 e. The van der Waals surface area contributed by atoms with Crippen LogP contribution in [0.15, 0.2) is 48.5 Å². The first kappa shape index (κ1) is 10.6. The van der Waals surface area contributed by atoms with E-state index in [0.29, 0.717) is 11.1 Å². The quantitative estimate of drug-likeness (QED) is 0.662. The van der Waals surface area contributed by atoms with Crippen LogP contribution in [0.25, 0.3) is 12.2 Å². The lowest BCUT2D eigenvalue weighted by Gasteiger charge is -1.97. The van der Waals surface area contributed by atoms with Gasteiger partial charge in [0, 0.05) is 11.1 Å². The summed E-state index contributed by atoms with van der Waals surface area (Å²) in [7, 11) is 0. The predicted octanol–water partition coefficient (Wildman–Crippen LogP) is 4.14. The molecule has 0 unspecified atom stereocenters. The maximum absolute atomic E-state index is 13.2. The first-order valence-corrected chi connectivity index (χ1v) is 4.94. The van der Waals surface area contributed by atoms with Crippen molar-refractivity contribution in [2.45, 2.75) is 0 Å². The lowest BCUT2D eigenvalue weighted by Crippen LogP contribution is -1.81. The van der Waals surface area contributed by atoms with Gasteiger partial charge < -0.3 is 0 Å². The maximum Gasteiger partial charge on any atom is 0.130 e. The van der Waals surface area contributed by atoms with E-state index in [-0.39, 0.29) is 11.6 Å². The van der Waals surface area contributed by atoms with Gasteiger partial charge in [-0.05, 0) is 12.1 Å². The minimum Gasteiger partial charge on any atom is -0.206 e. The summed E-state index contributed by atoms with van der Waals surface area (Å²) in [5.74, 6) is -0.620. The fourth-order valence-corrected chi connectivity index (χ4v) is 1.40. The van der Waals surface area contributed by atoms with E-state index in [0.717, 1.165) is 0 Å². The lowest BCUT2D eigenvalue weighted by molar-refractivity contribution is 0.623. The second kappa shape index (κ2) is 4.71. The second-order valence-corrected chi connectivity index (χ2v) is 3.38. The summed E-state index contributed by atoms with van der Waals surface area (Å²) in [4.78, 5) is 0. The molecule has 0 saturated heterocycles. The van der Waals surface area contributed by atoms with E-state index in [1.807, 2.05) is 0 Å². The van der Waals surface area contributed by atoms with Crippen molar-refractivity contribution in [1.82, 2.24) is 0 Å². The topological polar surface area (TPSA) is 0 Å². The van der Waals surface area contributed by atoms with Gasteiger partial charge in [0.25, 0.3) is 0 Å². The van der Waals surface area contributed by atoms with Gasteiger partial charge in [0.1, 0.15) is 11.6 Å². The SMILES string of the molecule is Fc1ccccc1/C=C\c1ccccc1F. The van der Waals surface area contributed by atoms with Gasteiger partial charge in [-0.1, -0.05) is 48.6 Å². The Labute approximate surface area is 92.9 Å². The van der Waals surface area contributed by atoms with Crippen LogP contribution in [-0.4, -0.2) is 0 Å². The Bertz CT molecular complexity index is 468. The summed E-state index contributed by atoms with van der Waals surface area (Å²) in [6, 6.07) is 12.8. The van der Waals surface area contributed by atoms with Crippen molar-refractivity contribution in [3.05, 3.63) is 71.3 Å². The Morgan fingerprint density at radius 2 is 1.00 bits per heavy atom. The number of hydrogen-bond acceptors (Lipinski definition) is 0. The number of halogens is 2. The van der Waals surface area contributed by atoms with E-state index < -0.39 is 0 Å². The van der Waals surface area contributed by atoms with Crippen molar-refractivity contribution < 1.29 is 8.78 Å². The molecule has 0 spiro atoms. The molecule has 16 heavy (non-hydrogen) atoms. The van der Waals surface area contributed by atoms with Crippen LogP contribution in [0.5, 0.6) is 0 Å². The normalized spacial score (nSPS) is 10.9. The molecule has 0 aliphatic carbocycles. The molecule has 80 valence electrons. The van der Waals surface area contributed by atoms with Crippen LogP contribution < -0.4 is 0 Å². The molecule has 2 heteroatoms. The zero-order chi connectivity index (χ0) is 11.4. The third-order valence-corrected chi connectivity index (χ3v) is 2.25. The Kier molecular flexibility index (Phi) is 3.10. The van der Waals surface area contributed by atoms with Crippen molar-refractivity contribution in [3.63, 3.8) is 0 Å². The van der Waals surface area contributed by atoms with Gasteiger partial charge in [-0.3, -0.25) is 0 Å². The van der Waals surface area contributed by atoms with Crippen LogP contribution in [0.4, 0.5) is 8.78 Å². The highest BCUT2D eigenvalue weighted by atomic mass is 19.1. The van der Waals surface area contributed by atoms with E-state index in [9.17, 15) is 8.78 Å². The Morgan fingerprint density at radius 3 is 1.38 bits per heavy atom.